The molecule has 0 aliphatic heterocycles. The van der Waals surface area contributed by atoms with E-state index in [1.54, 1.807) is 14.0 Å². The summed E-state index contributed by atoms with van der Waals surface area (Å²) in [6.45, 7) is 1.47. The zero-order valence-corrected chi connectivity index (χ0v) is 13.9. The molecule has 0 fully saturated rings. The number of halogens is 1. The Morgan fingerprint density at radius 2 is 2.00 bits per heavy atom. The predicted octanol–water partition coefficient (Wildman–Crippen LogP) is 1.26. The molecule has 2 N–H and O–H groups in total. The van der Waals surface area contributed by atoms with Gasteiger partial charge in [0, 0.05) is 13.6 Å². The van der Waals surface area contributed by atoms with Crippen molar-refractivity contribution in [3.63, 3.8) is 0 Å². The van der Waals surface area contributed by atoms with Gasteiger partial charge in [-0.25, -0.2) is 13.1 Å². The molecule has 0 bridgehead atoms. The van der Waals surface area contributed by atoms with Gasteiger partial charge in [-0.15, -0.1) is 0 Å². The fourth-order valence-corrected chi connectivity index (χ4v) is 3.97. The Labute approximate surface area is 134 Å². The zero-order valence-electron chi connectivity index (χ0n) is 12.3. The van der Waals surface area contributed by atoms with Crippen LogP contribution >= 0.6 is 11.6 Å². The third-order valence-electron chi connectivity index (χ3n) is 3.19. The highest BCUT2D eigenvalue weighted by Crippen LogP contribution is 2.23. The Kier molecular flexibility index (Phi) is 5.23. The number of nitrogens with zero attached hydrogens (tertiary/aromatic N) is 2. The number of benzene rings is 1. The van der Waals surface area contributed by atoms with Crippen molar-refractivity contribution in [2.45, 2.75) is 24.3 Å². The van der Waals surface area contributed by atoms with E-state index in [-0.39, 0.29) is 16.6 Å². The molecule has 0 amide bonds. The Bertz CT molecular complexity index is 744. The van der Waals surface area contributed by atoms with Crippen molar-refractivity contribution in [2.24, 2.45) is 7.05 Å². The maximum absolute atomic E-state index is 12.3. The first-order valence-corrected chi connectivity index (χ1v) is 8.58. The number of nitrogens with one attached hydrogen (secondary N) is 1. The minimum Gasteiger partial charge on any atom is -0.391 e. The number of aromatic nitrogens is 2. The average molecular weight is 344 g/mol. The number of hydrogen-bond acceptors (Lipinski definition) is 4. The van der Waals surface area contributed by atoms with Crippen LogP contribution in [-0.2, 0) is 23.5 Å². The van der Waals surface area contributed by atoms with Crippen molar-refractivity contribution in [2.75, 3.05) is 6.54 Å². The standard InChI is InChI=1S/C14H18ClN3O3S/c1-10-13(14(15)18(2)17-10)22(20,21)16-9-12(19)8-11-6-4-3-5-7-11/h3-7,12,16,19H,8-9H2,1-2H3. The predicted molar refractivity (Wildman–Crippen MR) is 84.3 cm³/mol. The summed E-state index contributed by atoms with van der Waals surface area (Å²) in [6, 6.07) is 9.36. The molecule has 1 aromatic carbocycles. The molecule has 1 aromatic heterocycles. The molecule has 0 aliphatic rings. The molecule has 0 saturated heterocycles. The molecule has 0 saturated carbocycles. The van der Waals surface area contributed by atoms with Gasteiger partial charge in [0.25, 0.3) is 0 Å². The topological polar surface area (TPSA) is 84.2 Å². The third kappa shape index (κ3) is 3.86. The summed E-state index contributed by atoms with van der Waals surface area (Å²) in [5.41, 5.74) is 1.25. The Balaban J connectivity index is 2.04. The summed E-state index contributed by atoms with van der Waals surface area (Å²) in [6.07, 6.45) is -0.462. The summed E-state index contributed by atoms with van der Waals surface area (Å²) in [7, 11) is -2.25. The Morgan fingerprint density at radius 1 is 1.36 bits per heavy atom. The number of rotatable bonds is 6. The molecule has 2 rings (SSSR count). The van der Waals surface area contributed by atoms with Crippen LogP contribution in [0.1, 0.15) is 11.3 Å². The second kappa shape index (κ2) is 6.78. The van der Waals surface area contributed by atoms with E-state index >= 15 is 0 Å². The molecule has 0 radical (unpaired) electrons. The Morgan fingerprint density at radius 3 is 2.55 bits per heavy atom. The van der Waals surface area contributed by atoms with Crippen LogP contribution in [0.15, 0.2) is 35.2 Å². The van der Waals surface area contributed by atoms with E-state index in [4.69, 9.17) is 11.6 Å². The maximum Gasteiger partial charge on any atom is 0.245 e. The van der Waals surface area contributed by atoms with Gasteiger partial charge in [-0.05, 0) is 18.9 Å². The molecular weight excluding hydrogens is 326 g/mol. The number of sulfonamides is 1. The summed E-state index contributed by atoms with van der Waals surface area (Å²) in [5.74, 6) is 0. The van der Waals surface area contributed by atoms with E-state index in [1.807, 2.05) is 30.3 Å². The third-order valence-corrected chi connectivity index (χ3v) is 5.31. The monoisotopic (exact) mass is 343 g/mol. The zero-order chi connectivity index (χ0) is 16.3. The first kappa shape index (κ1) is 17.0. The van der Waals surface area contributed by atoms with Gasteiger partial charge in [-0.1, -0.05) is 41.9 Å². The van der Waals surface area contributed by atoms with Crippen LogP contribution in [0.5, 0.6) is 0 Å². The molecule has 1 atom stereocenters. The SMILES string of the molecule is Cc1nn(C)c(Cl)c1S(=O)(=O)NCC(O)Cc1ccccc1. The molecule has 2 aromatic rings. The Hall–Kier alpha value is -1.41. The van der Waals surface area contributed by atoms with Gasteiger partial charge in [0.1, 0.15) is 10.0 Å². The first-order chi connectivity index (χ1) is 10.3. The van der Waals surface area contributed by atoms with Gasteiger partial charge in [-0.2, -0.15) is 5.10 Å². The summed E-state index contributed by atoms with van der Waals surface area (Å²) < 4.78 is 28.2. The highest BCUT2D eigenvalue weighted by atomic mass is 35.5. The van der Waals surface area contributed by atoms with Crippen LogP contribution in [0.3, 0.4) is 0 Å². The second-order valence-electron chi connectivity index (χ2n) is 5.02. The van der Waals surface area contributed by atoms with Crippen LogP contribution in [0, 0.1) is 6.92 Å². The lowest BCUT2D eigenvalue weighted by Gasteiger charge is -2.12. The summed E-state index contributed by atoms with van der Waals surface area (Å²) in [5, 5.41) is 14.0. The molecule has 0 spiro atoms. The second-order valence-corrected chi connectivity index (χ2v) is 7.09. The van der Waals surface area contributed by atoms with E-state index in [2.05, 4.69) is 9.82 Å². The largest absolute Gasteiger partial charge is 0.391 e. The van der Waals surface area contributed by atoms with E-state index in [1.165, 1.54) is 4.68 Å². The van der Waals surface area contributed by atoms with Crippen molar-refractivity contribution in [3.05, 3.63) is 46.7 Å². The molecule has 120 valence electrons. The van der Waals surface area contributed by atoms with Gasteiger partial charge in [-0.3, -0.25) is 4.68 Å². The molecule has 8 heteroatoms. The number of aryl methyl sites for hydroxylation is 2. The highest BCUT2D eigenvalue weighted by Gasteiger charge is 2.25. The van der Waals surface area contributed by atoms with Crippen LogP contribution in [0.25, 0.3) is 0 Å². The quantitative estimate of drug-likeness (QED) is 0.827. The fourth-order valence-electron chi connectivity index (χ4n) is 2.15. The van der Waals surface area contributed by atoms with Crippen molar-refractivity contribution in [3.8, 4) is 0 Å². The lowest BCUT2D eigenvalue weighted by molar-refractivity contribution is 0.179. The fraction of sp³-hybridized carbons (Fsp3) is 0.357. The van der Waals surface area contributed by atoms with Gasteiger partial charge in [0.15, 0.2) is 0 Å². The smallest absolute Gasteiger partial charge is 0.245 e. The molecule has 0 aliphatic carbocycles. The molecule has 6 nitrogen and oxygen atoms in total. The van der Waals surface area contributed by atoms with E-state index < -0.39 is 16.1 Å². The normalized spacial score (nSPS) is 13.3. The van der Waals surface area contributed by atoms with Crippen molar-refractivity contribution in [1.82, 2.24) is 14.5 Å². The number of aliphatic hydroxyl groups is 1. The lowest BCUT2D eigenvalue weighted by Crippen LogP contribution is -2.33. The molecule has 1 heterocycles. The van der Waals surface area contributed by atoms with Crippen molar-refractivity contribution in [1.29, 1.82) is 0 Å². The van der Waals surface area contributed by atoms with Gasteiger partial charge in [0.2, 0.25) is 10.0 Å². The van der Waals surface area contributed by atoms with E-state index in [0.29, 0.717) is 12.1 Å². The first-order valence-electron chi connectivity index (χ1n) is 6.72. The van der Waals surface area contributed by atoms with Gasteiger partial charge < -0.3 is 5.11 Å². The number of hydrogen-bond donors (Lipinski definition) is 2. The van der Waals surface area contributed by atoms with Gasteiger partial charge in [0.05, 0.1) is 11.8 Å². The minimum absolute atomic E-state index is 0.0440. The van der Waals surface area contributed by atoms with Gasteiger partial charge >= 0.3 is 0 Å². The lowest BCUT2D eigenvalue weighted by atomic mass is 10.1. The van der Waals surface area contributed by atoms with E-state index in [9.17, 15) is 13.5 Å². The minimum atomic E-state index is -3.81. The van der Waals surface area contributed by atoms with Crippen molar-refractivity contribution < 1.29 is 13.5 Å². The van der Waals surface area contributed by atoms with Crippen LogP contribution in [0.2, 0.25) is 5.15 Å². The van der Waals surface area contributed by atoms with Crippen LogP contribution in [-0.4, -0.2) is 36.0 Å². The maximum atomic E-state index is 12.3. The summed E-state index contributed by atoms with van der Waals surface area (Å²) >= 11 is 5.96. The molecule has 1 unspecified atom stereocenters. The number of aliphatic hydroxyl groups excluding tert-OH is 1. The molecule has 22 heavy (non-hydrogen) atoms. The van der Waals surface area contributed by atoms with Crippen LogP contribution < -0.4 is 4.72 Å². The van der Waals surface area contributed by atoms with Crippen molar-refractivity contribution >= 4 is 21.6 Å². The summed E-state index contributed by atoms with van der Waals surface area (Å²) in [4.78, 5) is -0.0522. The van der Waals surface area contributed by atoms with E-state index in [0.717, 1.165) is 5.56 Å². The average Bonchev–Trinajstić information content (AvgIpc) is 2.72. The highest BCUT2D eigenvalue weighted by molar-refractivity contribution is 7.89. The molecular formula is C14H18ClN3O3S. The van der Waals surface area contributed by atoms with Crippen LogP contribution in [0.4, 0.5) is 0 Å².